The number of aryl methyl sites for hydroxylation is 1. The van der Waals surface area contributed by atoms with Crippen LogP contribution in [0.3, 0.4) is 0 Å². The van der Waals surface area contributed by atoms with Gasteiger partial charge in [-0.05, 0) is 88.4 Å². The van der Waals surface area contributed by atoms with E-state index in [1.54, 1.807) is 11.8 Å². The van der Waals surface area contributed by atoms with Crippen molar-refractivity contribution in [3.63, 3.8) is 0 Å². The first-order valence-corrected chi connectivity index (χ1v) is 16.6. The summed E-state index contributed by atoms with van der Waals surface area (Å²) >= 11 is 1.79. The van der Waals surface area contributed by atoms with Gasteiger partial charge in [0.05, 0.1) is 19.5 Å². The predicted octanol–water partition coefficient (Wildman–Crippen LogP) is 7.02. The second-order valence-electron chi connectivity index (χ2n) is 12.2. The molecule has 3 unspecified atom stereocenters. The van der Waals surface area contributed by atoms with Crippen molar-refractivity contribution in [2.45, 2.75) is 107 Å². The number of nitrogens with zero attached hydrogens (tertiary/aromatic N) is 3. The molecule has 0 amide bonds. The van der Waals surface area contributed by atoms with Crippen LogP contribution in [0.5, 0.6) is 0 Å². The molecule has 1 aliphatic heterocycles. The van der Waals surface area contributed by atoms with Crippen LogP contribution in [0.1, 0.15) is 82.6 Å². The van der Waals surface area contributed by atoms with Gasteiger partial charge in [0.15, 0.2) is 0 Å². The Morgan fingerprint density at radius 1 is 1.10 bits per heavy atom. The molecule has 3 aliphatic rings. The lowest BCUT2D eigenvalue weighted by atomic mass is 9.74. The topological polar surface area (TPSA) is 54.4 Å². The highest BCUT2D eigenvalue weighted by atomic mass is 32.2. The summed E-state index contributed by atoms with van der Waals surface area (Å²) in [6.07, 6.45) is 19.0. The van der Waals surface area contributed by atoms with Crippen LogP contribution in [-0.4, -0.2) is 79.4 Å². The summed E-state index contributed by atoms with van der Waals surface area (Å²) in [5.74, 6) is 2.27. The highest BCUT2D eigenvalue weighted by molar-refractivity contribution is 7.98. The van der Waals surface area contributed by atoms with Gasteiger partial charge in [0.2, 0.25) is 5.72 Å². The van der Waals surface area contributed by atoms with Crippen LogP contribution in [0.25, 0.3) is 0 Å². The van der Waals surface area contributed by atoms with Crippen molar-refractivity contribution in [1.29, 1.82) is 0 Å². The van der Waals surface area contributed by atoms with Crippen LogP contribution in [0.4, 0.5) is 4.79 Å². The van der Waals surface area contributed by atoms with E-state index in [9.17, 15) is 4.79 Å². The molecule has 218 valence electrons. The zero-order chi connectivity index (χ0) is 27.7. The minimum atomic E-state index is -0.841. The maximum atomic E-state index is 12.5. The van der Waals surface area contributed by atoms with Crippen molar-refractivity contribution >= 4 is 24.3 Å². The normalized spacial score (nSPS) is 28.5. The van der Waals surface area contributed by atoms with E-state index in [0.29, 0.717) is 18.0 Å². The molecule has 1 aromatic carbocycles. The fourth-order valence-electron chi connectivity index (χ4n) is 7.41. The standard InChI is InChI=1S/C32H51N3O3S/c1-34(2)29(20-17-25-11-7-5-8-12-25)27-18-15-26(16-19-27)23-30-32(21-22-39-4,38-31(36)37-3)33-24-35(30)28-13-9-6-10-14-28/h5,7-8,11-12,24,26-30H,6,9-10,13-23H2,1-4H3. The number of benzene rings is 1. The molecule has 3 atom stereocenters. The van der Waals surface area contributed by atoms with Crippen molar-refractivity contribution in [3.8, 4) is 0 Å². The predicted molar refractivity (Wildman–Crippen MR) is 163 cm³/mol. The quantitative estimate of drug-likeness (QED) is 0.257. The van der Waals surface area contributed by atoms with Crippen LogP contribution in [0.2, 0.25) is 0 Å². The van der Waals surface area contributed by atoms with Gasteiger partial charge >= 0.3 is 6.16 Å². The molecule has 0 saturated heterocycles. The zero-order valence-electron chi connectivity index (χ0n) is 24.7. The van der Waals surface area contributed by atoms with E-state index < -0.39 is 11.9 Å². The van der Waals surface area contributed by atoms with Gasteiger partial charge < -0.3 is 19.3 Å². The lowest BCUT2D eigenvalue weighted by Crippen LogP contribution is -2.53. The molecule has 0 N–H and O–H groups in total. The average molecular weight is 558 g/mol. The SMILES string of the molecule is COC(=O)OC1(CCSC)N=CN(C2CCCCC2)C1CC1CCC(C(CCc2ccccc2)N(C)C)CC1. The molecule has 1 heterocycles. The Bertz CT molecular complexity index is 899. The molecule has 1 aromatic rings. The van der Waals surface area contributed by atoms with Crippen molar-refractivity contribution in [3.05, 3.63) is 35.9 Å². The maximum absolute atomic E-state index is 12.5. The van der Waals surface area contributed by atoms with Gasteiger partial charge in [-0.25, -0.2) is 9.79 Å². The lowest BCUT2D eigenvalue weighted by Gasteiger charge is -2.44. The number of methoxy groups -OCH3 is 1. The molecule has 39 heavy (non-hydrogen) atoms. The largest absolute Gasteiger partial charge is 0.510 e. The van der Waals surface area contributed by atoms with Gasteiger partial charge in [-0.1, -0.05) is 62.4 Å². The van der Waals surface area contributed by atoms with Crippen molar-refractivity contribution in [2.75, 3.05) is 33.2 Å². The van der Waals surface area contributed by atoms with Gasteiger partial charge in [0.1, 0.15) is 0 Å². The fourth-order valence-corrected chi connectivity index (χ4v) is 7.90. The zero-order valence-corrected chi connectivity index (χ0v) is 25.5. The molecule has 0 aromatic heterocycles. The molecule has 6 nitrogen and oxygen atoms in total. The highest BCUT2D eigenvalue weighted by Gasteiger charge is 2.51. The average Bonchev–Trinajstić information content (AvgIpc) is 3.30. The number of rotatable bonds is 12. The summed E-state index contributed by atoms with van der Waals surface area (Å²) in [6, 6.07) is 12.1. The number of aliphatic imine (C=N–C) groups is 1. The van der Waals surface area contributed by atoms with Gasteiger partial charge in [-0.3, -0.25) is 0 Å². The van der Waals surface area contributed by atoms with Gasteiger partial charge in [-0.2, -0.15) is 11.8 Å². The first-order valence-electron chi connectivity index (χ1n) is 15.2. The fraction of sp³-hybridized carbons (Fsp3) is 0.750. The molecule has 2 saturated carbocycles. The maximum Gasteiger partial charge on any atom is 0.510 e. The number of carbonyl (C=O) groups excluding carboxylic acids is 1. The summed E-state index contributed by atoms with van der Waals surface area (Å²) in [7, 11) is 5.91. The summed E-state index contributed by atoms with van der Waals surface area (Å²) < 4.78 is 11.1. The summed E-state index contributed by atoms with van der Waals surface area (Å²) in [4.78, 5) is 22.4. The first kappa shape index (κ1) is 30.2. The highest BCUT2D eigenvalue weighted by Crippen LogP contribution is 2.43. The Hall–Kier alpha value is -1.73. The van der Waals surface area contributed by atoms with Crippen molar-refractivity contribution in [1.82, 2.24) is 9.80 Å². The van der Waals surface area contributed by atoms with E-state index in [2.05, 4.69) is 60.5 Å². The molecule has 0 spiro atoms. The van der Waals surface area contributed by atoms with E-state index in [4.69, 9.17) is 14.5 Å². The molecule has 2 fully saturated rings. The Labute approximate surface area is 241 Å². The van der Waals surface area contributed by atoms with E-state index in [1.807, 2.05) is 6.34 Å². The number of carbonyl (C=O) groups is 1. The summed E-state index contributed by atoms with van der Waals surface area (Å²) in [5, 5.41) is 0. The Balaban J connectivity index is 1.43. The molecule has 7 heteroatoms. The summed E-state index contributed by atoms with van der Waals surface area (Å²) in [5.41, 5.74) is 0.598. The lowest BCUT2D eigenvalue weighted by molar-refractivity contribution is -0.0652. The van der Waals surface area contributed by atoms with Gasteiger partial charge in [-0.15, -0.1) is 0 Å². The Kier molecular flexibility index (Phi) is 11.5. The van der Waals surface area contributed by atoms with Crippen molar-refractivity contribution < 1.29 is 14.3 Å². The molecular weight excluding hydrogens is 506 g/mol. The minimum Gasteiger partial charge on any atom is -0.438 e. The number of thioether (sulfide) groups is 1. The summed E-state index contributed by atoms with van der Waals surface area (Å²) in [6.45, 7) is 0. The number of ether oxygens (including phenoxy) is 2. The third kappa shape index (κ3) is 7.93. The second-order valence-corrected chi connectivity index (χ2v) is 13.2. The third-order valence-electron chi connectivity index (χ3n) is 9.60. The molecule has 2 aliphatic carbocycles. The number of hydrogen-bond acceptors (Lipinski definition) is 7. The Morgan fingerprint density at radius 2 is 1.82 bits per heavy atom. The third-order valence-corrected chi connectivity index (χ3v) is 10.2. The molecule has 0 bridgehead atoms. The van der Waals surface area contributed by atoms with Crippen LogP contribution < -0.4 is 0 Å². The van der Waals surface area contributed by atoms with Crippen LogP contribution in [0.15, 0.2) is 35.3 Å². The van der Waals surface area contributed by atoms with E-state index in [1.165, 1.54) is 76.9 Å². The minimum absolute atomic E-state index is 0.0936. The van der Waals surface area contributed by atoms with Crippen molar-refractivity contribution in [2.24, 2.45) is 16.8 Å². The molecular formula is C32H51N3O3S. The first-order chi connectivity index (χ1) is 19.0. The smallest absolute Gasteiger partial charge is 0.438 e. The van der Waals surface area contributed by atoms with Gasteiger partial charge in [0, 0.05) is 18.5 Å². The van der Waals surface area contributed by atoms with E-state index in [0.717, 1.165) is 30.9 Å². The Morgan fingerprint density at radius 3 is 2.46 bits per heavy atom. The monoisotopic (exact) mass is 557 g/mol. The van der Waals surface area contributed by atoms with Crippen LogP contribution >= 0.6 is 11.8 Å². The van der Waals surface area contributed by atoms with Gasteiger partial charge in [0.25, 0.3) is 0 Å². The van der Waals surface area contributed by atoms with Crippen LogP contribution in [0, 0.1) is 11.8 Å². The molecule has 4 rings (SSSR count). The molecule has 0 radical (unpaired) electrons. The number of hydrogen-bond donors (Lipinski definition) is 0. The van der Waals surface area contributed by atoms with Crippen LogP contribution in [-0.2, 0) is 15.9 Å². The second kappa shape index (κ2) is 14.8. The van der Waals surface area contributed by atoms with E-state index >= 15 is 0 Å². The van der Waals surface area contributed by atoms with E-state index in [-0.39, 0.29) is 6.04 Å².